The number of rotatable bonds is 9. The monoisotopic (exact) mass is 349 g/mol. The molecule has 1 saturated carbocycles. The molecule has 0 saturated heterocycles. The van der Waals surface area contributed by atoms with Gasteiger partial charge < -0.3 is 19.9 Å². The molecule has 1 amide bonds. The van der Waals surface area contributed by atoms with Gasteiger partial charge in [-0.2, -0.15) is 0 Å². The molecule has 0 spiro atoms. The van der Waals surface area contributed by atoms with Gasteiger partial charge in [0.15, 0.2) is 0 Å². The number of aliphatic carboxylic acids is 1. The predicted molar refractivity (Wildman–Crippen MR) is 93.9 cm³/mol. The molecule has 1 fully saturated rings. The van der Waals surface area contributed by atoms with E-state index in [1.807, 2.05) is 6.92 Å². The SMILES string of the molecule is CCOCCOc1ccccc1C(=O)NCC1(C(=O)O)CCCCC1. The molecule has 0 radical (unpaired) electrons. The van der Waals surface area contributed by atoms with Gasteiger partial charge in [0.05, 0.1) is 17.6 Å². The number of hydrogen-bond acceptors (Lipinski definition) is 4. The first-order chi connectivity index (χ1) is 12.1. The molecule has 2 rings (SSSR count). The number of para-hydroxylation sites is 1. The van der Waals surface area contributed by atoms with Gasteiger partial charge in [-0.15, -0.1) is 0 Å². The molecule has 1 aromatic rings. The van der Waals surface area contributed by atoms with Gasteiger partial charge in [-0.3, -0.25) is 9.59 Å². The van der Waals surface area contributed by atoms with Crippen LogP contribution in [0.2, 0.25) is 0 Å². The summed E-state index contributed by atoms with van der Waals surface area (Å²) in [5.74, 6) is -0.653. The normalized spacial score (nSPS) is 16.2. The molecule has 25 heavy (non-hydrogen) atoms. The molecule has 6 heteroatoms. The largest absolute Gasteiger partial charge is 0.490 e. The van der Waals surface area contributed by atoms with E-state index in [0.717, 1.165) is 19.3 Å². The van der Waals surface area contributed by atoms with Gasteiger partial charge in [-0.25, -0.2) is 0 Å². The Balaban J connectivity index is 1.99. The van der Waals surface area contributed by atoms with Crippen molar-refractivity contribution in [3.63, 3.8) is 0 Å². The highest BCUT2D eigenvalue weighted by Gasteiger charge is 2.39. The second-order valence-corrected chi connectivity index (χ2v) is 6.37. The minimum atomic E-state index is -0.849. The Morgan fingerprint density at radius 1 is 1.16 bits per heavy atom. The fraction of sp³-hybridized carbons (Fsp3) is 0.579. The van der Waals surface area contributed by atoms with Crippen LogP contribution in [0.25, 0.3) is 0 Å². The molecule has 1 aliphatic rings. The smallest absolute Gasteiger partial charge is 0.311 e. The van der Waals surface area contributed by atoms with Gasteiger partial charge >= 0.3 is 5.97 Å². The Bertz CT molecular complexity index is 581. The summed E-state index contributed by atoms with van der Waals surface area (Å²) in [7, 11) is 0. The summed E-state index contributed by atoms with van der Waals surface area (Å²) in [6.45, 7) is 3.48. The first kappa shape index (κ1) is 19.2. The van der Waals surface area contributed by atoms with Crippen LogP contribution >= 0.6 is 0 Å². The van der Waals surface area contributed by atoms with E-state index < -0.39 is 11.4 Å². The van der Waals surface area contributed by atoms with Crippen LogP contribution in [0.3, 0.4) is 0 Å². The van der Waals surface area contributed by atoms with Crippen LogP contribution in [-0.4, -0.2) is 43.3 Å². The van der Waals surface area contributed by atoms with Crippen LogP contribution in [-0.2, 0) is 9.53 Å². The molecule has 138 valence electrons. The minimum absolute atomic E-state index is 0.147. The van der Waals surface area contributed by atoms with Crippen LogP contribution in [0.4, 0.5) is 0 Å². The summed E-state index contributed by atoms with van der Waals surface area (Å²) < 4.78 is 10.9. The zero-order valence-electron chi connectivity index (χ0n) is 14.8. The summed E-state index contributed by atoms with van der Waals surface area (Å²) >= 11 is 0. The highest BCUT2D eigenvalue weighted by molar-refractivity contribution is 5.97. The fourth-order valence-corrected chi connectivity index (χ4v) is 3.17. The standard InChI is InChI=1S/C19H27NO5/c1-2-24-12-13-25-16-9-5-4-8-15(16)17(21)20-14-19(18(22)23)10-6-3-7-11-19/h4-5,8-9H,2-3,6-7,10-14H2,1H3,(H,20,21)(H,22,23). The van der Waals surface area contributed by atoms with E-state index in [0.29, 0.717) is 44.0 Å². The predicted octanol–water partition coefficient (Wildman–Crippen LogP) is 2.87. The zero-order valence-corrected chi connectivity index (χ0v) is 14.8. The summed E-state index contributed by atoms with van der Waals surface area (Å²) in [4.78, 5) is 24.3. The van der Waals surface area contributed by atoms with Crippen LogP contribution in [0, 0.1) is 5.41 Å². The van der Waals surface area contributed by atoms with Crippen molar-refractivity contribution in [1.29, 1.82) is 0 Å². The van der Waals surface area contributed by atoms with Crippen LogP contribution < -0.4 is 10.1 Å². The van der Waals surface area contributed by atoms with Crippen molar-refractivity contribution in [2.24, 2.45) is 5.41 Å². The van der Waals surface area contributed by atoms with Crippen molar-refractivity contribution in [2.45, 2.75) is 39.0 Å². The fourth-order valence-electron chi connectivity index (χ4n) is 3.17. The van der Waals surface area contributed by atoms with Gasteiger partial charge in [0.2, 0.25) is 0 Å². The molecular weight excluding hydrogens is 322 g/mol. The van der Waals surface area contributed by atoms with Gasteiger partial charge in [-0.1, -0.05) is 31.4 Å². The van der Waals surface area contributed by atoms with E-state index >= 15 is 0 Å². The third-order valence-electron chi connectivity index (χ3n) is 4.67. The lowest BCUT2D eigenvalue weighted by Crippen LogP contribution is -2.44. The van der Waals surface area contributed by atoms with Gasteiger partial charge in [0.25, 0.3) is 5.91 Å². The summed E-state index contributed by atoms with van der Waals surface area (Å²) in [6.07, 6.45) is 4.04. The van der Waals surface area contributed by atoms with Crippen LogP contribution in [0.5, 0.6) is 5.75 Å². The lowest BCUT2D eigenvalue weighted by molar-refractivity contribution is -0.150. The van der Waals surface area contributed by atoms with Crippen molar-refractivity contribution < 1.29 is 24.2 Å². The second-order valence-electron chi connectivity index (χ2n) is 6.37. The maximum Gasteiger partial charge on any atom is 0.311 e. The number of carboxylic acid groups (broad SMARTS) is 1. The van der Waals surface area contributed by atoms with Gasteiger partial charge in [0, 0.05) is 13.2 Å². The van der Waals surface area contributed by atoms with Crippen molar-refractivity contribution in [2.75, 3.05) is 26.4 Å². The average Bonchev–Trinajstić information content (AvgIpc) is 2.64. The first-order valence-electron chi connectivity index (χ1n) is 8.90. The number of amides is 1. The van der Waals surface area contributed by atoms with Crippen molar-refractivity contribution in [3.05, 3.63) is 29.8 Å². The maximum atomic E-state index is 12.5. The second kappa shape index (κ2) is 9.42. The molecule has 0 heterocycles. The summed E-state index contributed by atoms with van der Waals surface area (Å²) in [5.41, 5.74) is -0.436. The maximum absolute atomic E-state index is 12.5. The molecular formula is C19H27NO5. The van der Waals surface area contributed by atoms with Gasteiger partial charge in [-0.05, 0) is 31.9 Å². The van der Waals surface area contributed by atoms with E-state index in [1.165, 1.54) is 0 Å². The van der Waals surface area contributed by atoms with Crippen molar-refractivity contribution in [3.8, 4) is 5.75 Å². The molecule has 0 aliphatic heterocycles. The third kappa shape index (κ3) is 5.19. The highest BCUT2D eigenvalue weighted by atomic mass is 16.5. The van der Waals surface area contributed by atoms with E-state index in [4.69, 9.17) is 9.47 Å². The molecule has 0 unspecified atom stereocenters. The Kier molecular flexibility index (Phi) is 7.25. The highest BCUT2D eigenvalue weighted by Crippen LogP contribution is 2.36. The molecule has 0 aromatic heterocycles. The molecule has 1 aromatic carbocycles. The van der Waals surface area contributed by atoms with E-state index in [9.17, 15) is 14.7 Å². The molecule has 6 nitrogen and oxygen atoms in total. The summed E-state index contributed by atoms with van der Waals surface area (Å²) in [6, 6.07) is 6.97. The average molecular weight is 349 g/mol. The number of nitrogens with one attached hydrogen (secondary N) is 1. The lowest BCUT2D eigenvalue weighted by Gasteiger charge is -2.33. The lowest BCUT2D eigenvalue weighted by atomic mass is 9.74. The molecule has 1 aliphatic carbocycles. The number of carboxylic acids is 1. The first-order valence-corrected chi connectivity index (χ1v) is 8.90. The van der Waals surface area contributed by atoms with Crippen molar-refractivity contribution in [1.82, 2.24) is 5.32 Å². The quantitative estimate of drug-likeness (QED) is 0.670. The van der Waals surface area contributed by atoms with Crippen molar-refractivity contribution >= 4 is 11.9 Å². The molecule has 2 N–H and O–H groups in total. The summed E-state index contributed by atoms with van der Waals surface area (Å²) in [5, 5.41) is 12.4. The van der Waals surface area contributed by atoms with Gasteiger partial charge in [0.1, 0.15) is 12.4 Å². The number of hydrogen-bond donors (Lipinski definition) is 2. The van der Waals surface area contributed by atoms with E-state index in [-0.39, 0.29) is 12.5 Å². The van der Waals surface area contributed by atoms with Crippen LogP contribution in [0.1, 0.15) is 49.4 Å². The minimum Gasteiger partial charge on any atom is -0.490 e. The van der Waals surface area contributed by atoms with Crippen LogP contribution in [0.15, 0.2) is 24.3 Å². The van der Waals surface area contributed by atoms with E-state index in [1.54, 1.807) is 24.3 Å². The topological polar surface area (TPSA) is 84.9 Å². The number of carbonyl (C=O) groups is 2. The molecule has 0 atom stereocenters. The number of ether oxygens (including phenoxy) is 2. The Morgan fingerprint density at radius 2 is 1.88 bits per heavy atom. The zero-order chi connectivity index (χ0) is 18.1. The molecule has 0 bridgehead atoms. The Morgan fingerprint density at radius 3 is 2.56 bits per heavy atom. The number of carbonyl (C=O) groups excluding carboxylic acids is 1. The number of benzene rings is 1. The Labute approximate surface area is 148 Å². The Hall–Kier alpha value is -2.08. The third-order valence-corrected chi connectivity index (χ3v) is 4.67. The van der Waals surface area contributed by atoms with E-state index in [2.05, 4.69) is 5.32 Å².